The van der Waals surface area contributed by atoms with Gasteiger partial charge in [0.05, 0.1) is 24.8 Å². The number of methoxy groups -OCH3 is 1. The first-order valence-electron chi connectivity index (χ1n) is 8.56. The van der Waals surface area contributed by atoms with Crippen molar-refractivity contribution in [2.24, 2.45) is 5.92 Å². The molecule has 1 aliphatic rings. The Morgan fingerprint density at radius 3 is 2.80 bits per heavy atom. The van der Waals surface area contributed by atoms with Gasteiger partial charge in [0.2, 0.25) is 5.91 Å². The number of aryl methyl sites for hydroxylation is 1. The van der Waals surface area contributed by atoms with Crippen LogP contribution >= 0.6 is 0 Å². The highest BCUT2D eigenvalue weighted by Gasteiger charge is 2.35. The maximum atomic E-state index is 12.5. The van der Waals surface area contributed by atoms with Gasteiger partial charge in [-0.15, -0.1) is 0 Å². The molecule has 2 unspecified atom stereocenters. The second kappa shape index (κ2) is 8.16. The number of rotatable bonds is 7. The minimum atomic E-state index is 0.0180. The second-order valence-electron chi connectivity index (χ2n) is 6.38. The molecule has 1 aliphatic heterocycles. The summed E-state index contributed by atoms with van der Waals surface area (Å²) >= 11 is 0. The van der Waals surface area contributed by atoms with Crippen LogP contribution in [0.1, 0.15) is 17.9 Å². The Morgan fingerprint density at radius 2 is 2.12 bits per heavy atom. The lowest BCUT2D eigenvalue weighted by Gasteiger charge is -2.16. The molecule has 1 fully saturated rings. The van der Waals surface area contributed by atoms with Crippen molar-refractivity contribution in [3.05, 3.63) is 47.9 Å². The first-order chi connectivity index (χ1) is 12.2. The number of likely N-dealkylation sites (tertiary alicyclic amines) is 1. The van der Waals surface area contributed by atoms with E-state index >= 15 is 0 Å². The highest BCUT2D eigenvalue weighted by atomic mass is 16.5. The van der Waals surface area contributed by atoms with Gasteiger partial charge >= 0.3 is 0 Å². The van der Waals surface area contributed by atoms with Crippen molar-refractivity contribution in [1.82, 2.24) is 10.1 Å². The van der Waals surface area contributed by atoms with E-state index in [0.717, 1.165) is 23.6 Å². The second-order valence-corrected chi connectivity index (χ2v) is 6.38. The Kier molecular flexibility index (Phi) is 5.71. The first kappa shape index (κ1) is 17.5. The van der Waals surface area contributed by atoms with Crippen LogP contribution in [-0.2, 0) is 16.0 Å². The minimum Gasteiger partial charge on any atom is -0.493 e. The van der Waals surface area contributed by atoms with Gasteiger partial charge in [-0.2, -0.15) is 0 Å². The zero-order chi connectivity index (χ0) is 17.6. The lowest BCUT2D eigenvalue weighted by atomic mass is 10.0. The summed E-state index contributed by atoms with van der Waals surface area (Å²) in [4.78, 5) is 14.3. The standard InChI is InChI=1S/C19H24N2O4/c1-14-10-17(25-20-14)11-15-12-21(13-18(15)23-2)19(22)8-9-24-16-6-4-3-5-7-16/h3-7,10,15,18H,8-9,11-13H2,1-2H3. The molecule has 2 heterocycles. The summed E-state index contributed by atoms with van der Waals surface area (Å²) < 4.78 is 16.5. The molecule has 1 saturated heterocycles. The molecule has 0 saturated carbocycles. The molecule has 0 N–H and O–H groups in total. The smallest absolute Gasteiger partial charge is 0.226 e. The highest BCUT2D eigenvalue weighted by molar-refractivity contribution is 5.76. The van der Waals surface area contributed by atoms with E-state index in [2.05, 4.69) is 5.16 Å². The fourth-order valence-corrected chi connectivity index (χ4v) is 3.21. The van der Waals surface area contributed by atoms with E-state index < -0.39 is 0 Å². The first-order valence-corrected chi connectivity index (χ1v) is 8.56. The maximum Gasteiger partial charge on any atom is 0.226 e. The van der Waals surface area contributed by atoms with Gasteiger partial charge in [0.25, 0.3) is 0 Å². The quantitative estimate of drug-likeness (QED) is 0.772. The molecule has 0 bridgehead atoms. The molecule has 1 aromatic carbocycles. The van der Waals surface area contributed by atoms with Crippen molar-refractivity contribution in [3.8, 4) is 5.75 Å². The predicted octanol–water partition coefficient (Wildman–Crippen LogP) is 2.47. The summed E-state index contributed by atoms with van der Waals surface area (Å²) in [6, 6.07) is 11.5. The normalized spacial score (nSPS) is 20.0. The highest BCUT2D eigenvalue weighted by Crippen LogP contribution is 2.24. The molecule has 2 aromatic rings. The van der Waals surface area contributed by atoms with E-state index in [1.807, 2.05) is 48.2 Å². The van der Waals surface area contributed by atoms with Crippen molar-refractivity contribution in [1.29, 1.82) is 0 Å². The molecule has 0 aliphatic carbocycles. The number of hydrogen-bond acceptors (Lipinski definition) is 5. The zero-order valence-corrected chi connectivity index (χ0v) is 14.7. The van der Waals surface area contributed by atoms with Crippen LogP contribution in [0.3, 0.4) is 0 Å². The molecule has 6 nitrogen and oxygen atoms in total. The minimum absolute atomic E-state index is 0.0180. The Hall–Kier alpha value is -2.34. The molecule has 1 aromatic heterocycles. The van der Waals surface area contributed by atoms with Gasteiger partial charge in [0.15, 0.2) is 0 Å². The van der Waals surface area contributed by atoms with E-state index in [1.165, 1.54) is 0 Å². The molecule has 0 spiro atoms. The lowest BCUT2D eigenvalue weighted by molar-refractivity contribution is -0.131. The zero-order valence-electron chi connectivity index (χ0n) is 14.7. The summed E-state index contributed by atoms with van der Waals surface area (Å²) in [5, 5.41) is 3.92. The van der Waals surface area contributed by atoms with Crippen LogP contribution in [0.25, 0.3) is 0 Å². The number of ether oxygens (including phenoxy) is 2. The van der Waals surface area contributed by atoms with Crippen molar-refractivity contribution in [2.75, 3.05) is 26.8 Å². The average molecular weight is 344 g/mol. The average Bonchev–Trinajstić information content (AvgIpc) is 3.22. The van der Waals surface area contributed by atoms with E-state index in [9.17, 15) is 4.79 Å². The van der Waals surface area contributed by atoms with Crippen LogP contribution in [0.4, 0.5) is 0 Å². The summed E-state index contributed by atoms with van der Waals surface area (Å²) in [6.07, 6.45) is 1.10. The topological polar surface area (TPSA) is 64.8 Å². The summed E-state index contributed by atoms with van der Waals surface area (Å²) in [5.74, 6) is 1.93. The third-order valence-corrected chi connectivity index (χ3v) is 4.50. The van der Waals surface area contributed by atoms with Crippen molar-refractivity contribution >= 4 is 5.91 Å². The van der Waals surface area contributed by atoms with Crippen LogP contribution in [0.2, 0.25) is 0 Å². The number of para-hydroxylation sites is 1. The lowest BCUT2D eigenvalue weighted by Crippen LogP contribution is -2.30. The summed E-state index contributed by atoms with van der Waals surface area (Å²) in [5.41, 5.74) is 0.868. The van der Waals surface area contributed by atoms with Crippen LogP contribution in [0.5, 0.6) is 5.75 Å². The molecule has 0 radical (unpaired) electrons. The number of amides is 1. The van der Waals surface area contributed by atoms with Gasteiger partial charge in [-0.25, -0.2) is 0 Å². The largest absolute Gasteiger partial charge is 0.493 e. The van der Waals surface area contributed by atoms with Gasteiger partial charge in [-0.05, 0) is 19.1 Å². The Bertz CT molecular complexity index is 686. The van der Waals surface area contributed by atoms with E-state index in [4.69, 9.17) is 14.0 Å². The number of aromatic nitrogens is 1. The fraction of sp³-hybridized carbons (Fsp3) is 0.474. The van der Waals surface area contributed by atoms with E-state index in [1.54, 1.807) is 7.11 Å². The monoisotopic (exact) mass is 344 g/mol. The van der Waals surface area contributed by atoms with Gasteiger partial charge in [0.1, 0.15) is 11.5 Å². The predicted molar refractivity (Wildman–Crippen MR) is 92.4 cm³/mol. The van der Waals surface area contributed by atoms with Crippen LogP contribution in [0.15, 0.2) is 40.9 Å². The summed E-state index contributed by atoms with van der Waals surface area (Å²) in [7, 11) is 1.69. The van der Waals surface area contributed by atoms with Gasteiger partial charge in [0, 0.05) is 38.6 Å². The van der Waals surface area contributed by atoms with Crippen molar-refractivity contribution < 1.29 is 18.8 Å². The number of hydrogen-bond donors (Lipinski definition) is 0. The van der Waals surface area contributed by atoms with Crippen molar-refractivity contribution in [2.45, 2.75) is 25.9 Å². The number of carbonyl (C=O) groups is 1. The molecule has 6 heteroatoms. The SMILES string of the molecule is COC1CN(C(=O)CCOc2ccccc2)CC1Cc1cc(C)no1. The molecule has 2 atom stereocenters. The fourth-order valence-electron chi connectivity index (χ4n) is 3.21. The Balaban J connectivity index is 1.49. The third-order valence-electron chi connectivity index (χ3n) is 4.50. The number of carbonyl (C=O) groups excluding carboxylic acids is 1. The van der Waals surface area contributed by atoms with Gasteiger partial charge < -0.3 is 18.9 Å². The molecular formula is C19H24N2O4. The van der Waals surface area contributed by atoms with E-state index in [-0.39, 0.29) is 17.9 Å². The van der Waals surface area contributed by atoms with Crippen LogP contribution < -0.4 is 4.74 Å². The Labute approximate surface area is 147 Å². The number of nitrogens with zero attached hydrogens (tertiary/aromatic N) is 2. The van der Waals surface area contributed by atoms with Gasteiger partial charge in [-0.1, -0.05) is 23.4 Å². The maximum absolute atomic E-state index is 12.5. The molecular weight excluding hydrogens is 320 g/mol. The van der Waals surface area contributed by atoms with Crippen LogP contribution in [0, 0.1) is 12.8 Å². The molecule has 1 amide bonds. The van der Waals surface area contributed by atoms with E-state index in [0.29, 0.717) is 26.1 Å². The Morgan fingerprint density at radius 1 is 1.32 bits per heavy atom. The van der Waals surface area contributed by atoms with Gasteiger partial charge in [-0.3, -0.25) is 4.79 Å². The summed E-state index contributed by atoms with van der Waals surface area (Å²) in [6.45, 7) is 3.56. The molecule has 134 valence electrons. The molecule has 25 heavy (non-hydrogen) atoms. The number of benzene rings is 1. The van der Waals surface area contributed by atoms with Crippen molar-refractivity contribution in [3.63, 3.8) is 0 Å². The van der Waals surface area contributed by atoms with Crippen LogP contribution in [-0.4, -0.2) is 48.9 Å². The molecule has 3 rings (SSSR count). The third kappa shape index (κ3) is 4.60.